The van der Waals surface area contributed by atoms with Gasteiger partial charge in [-0.15, -0.1) is 0 Å². The average molecular weight is 176 g/mol. The maximum absolute atomic E-state index is 12.2. The Morgan fingerprint density at radius 3 is 2.46 bits per heavy atom. The smallest absolute Gasteiger partial charge is 0.142 e. The minimum Gasteiger partial charge on any atom is -0.299 e. The van der Waals surface area contributed by atoms with Crippen molar-refractivity contribution in [3.8, 4) is 0 Å². The highest BCUT2D eigenvalue weighted by molar-refractivity contribution is 5.91. The van der Waals surface area contributed by atoms with Crippen LogP contribution in [0, 0.1) is 29.1 Å². The summed E-state index contributed by atoms with van der Waals surface area (Å²) in [5.74, 6) is 3.96. The van der Waals surface area contributed by atoms with Gasteiger partial charge in [0.1, 0.15) is 5.78 Å². The van der Waals surface area contributed by atoms with Gasteiger partial charge in [0.25, 0.3) is 0 Å². The molecule has 0 saturated heterocycles. The molecule has 0 amide bonds. The molecule has 1 heteroatoms. The van der Waals surface area contributed by atoms with E-state index in [-0.39, 0.29) is 5.41 Å². The molecule has 0 aromatic heterocycles. The van der Waals surface area contributed by atoms with E-state index in [0.29, 0.717) is 11.7 Å². The predicted octanol–water partition coefficient (Wildman–Crippen LogP) is 2.40. The van der Waals surface area contributed by atoms with Gasteiger partial charge >= 0.3 is 0 Å². The van der Waals surface area contributed by atoms with Crippen molar-refractivity contribution in [2.75, 3.05) is 0 Å². The molecule has 0 heterocycles. The molecule has 1 spiro atoms. The van der Waals surface area contributed by atoms with Gasteiger partial charge in [0, 0.05) is 11.3 Å². The molecule has 4 atom stereocenters. The highest BCUT2D eigenvalue weighted by Crippen LogP contribution is 2.69. The molecule has 13 heavy (non-hydrogen) atoms. The average Bonchev–Trinajstić information content (AvgIpc) is 2.55. The molecule has 0 aromatic carbocycles. The number of ketones is 1. The largest absolute Gasteiger partial charge is 0.299 e. The van der Waals surface area contributed by atoms with Crippen LogP contribution >= 0.6 is 0 Å². The van der Waals surface area contributed by atoms with Crippen molar-refractivity contribution in [3.05, 3.63) is 0 Å². The number of Topliss-reactive ketones (excluding diaryl/α,β-unsaturated/α-hetero) is 1. The monoisotopic (exact) mass is 176 g/mol. The van der Waals surface area contributed by atoms with Crippen molar-refractivity contribution in [2.24, 2.45) is 29.1 Å². The summed E-state index contributed by atoms with van der Waals surface area (Å²) in [6.45, 7) is 0. The van der Waals surface area contributed by atoms with Crippen molar-refractivity contribution >= 4 is 5.78 Å². The molecule has 4 rings (SSSR count). The second-order valence-corrected chi connectivity index (χ2v) is 5.89. The topological polar surface area (TPSA) is 17.1 Å². The lowest BCUT2D eigenvalue weighted by molar-refractivity contribution is -0.132. The van der Waals surface area contributed by atoms with Crippen molar-refractivity contribution in [3.63, 3.8) is 0 Å². The zero-order valence-electron chi connectivity index (χ0n) is 7.96. The van der Waals surface area contributed by atoms with Gasteiger partial charge in [-0.25, -0.2) is 0 Å². The molecule has 0 aromatic rings. The third-order valence-electron chi connectivity index (χ3n) is 5.40. The van der Waals surface area contributed by atoms with E-state index >= 15 is 0 Å². The summed E-state index contributed by atoms with van der Waals surface area (Å²) in [6, 6.07) is 0. The Morgan fingerprint density at radius 2 is 1.85 bits per heavy atom. The zero-order chi connectivity index (χ0) is 8.63. The fourth-order valence-corrected chi connectivity index (χ4v) is 4.69. The lowest BCUT2D eigenvalue weighted by atomic mass is 9.69. The summed E-state index contributed by atoms with van der Waals surface area (Å²) in [5.41, 5.74) is 0.247. The Balaban J connectivity index is 1.76. The van der Waals surface area contributed by atoms with Gasteiger partial charge < -0.3 is 0 Å². The minimum absolute atomic E-state index is 0.247. The van der Waals surface area contributed by atoms with Gasteiger partial charge in [0.2, 0.25) is 0 Å². The number of rotatable bonds is 0. The van der Waals surface area contributed by atoms with E-state index in [2.05, 4.69) is 0 Å². The van der Waals surface area contributed by atoms with E-state index < -0.39 is 0 Å². The Labute approximate surface area is 78.9 Å². The summed E-state index contributed by atoms with van der Waals surface area (Å²) in [5, 5.41) is 0. The number of carbonyl (C=O) groups excluding carboxylic acids is 1. The predicted molar refractivity (Wildman–Crippen MR) is 49.1 cm³/mol. The van der Waals surface area contributed by atoms with Crippen LogP contribution in [-0.2, 0) is 4.79 Å². The van der Waals surface area contributed by atoms with Crippen LogP contribution in [0.3, 0.4) is 0 Å². The SMILES string of the molecule is O=C1C2CCC(C2)C12CC1CC1C2. The van der Waals surface area contributed by atoms with Gasteiger partial charge in [0.15, 0.2) is 0 Å². The molecule has 4 unspecified atom stereocenters. The second-order valence-electron chi connectivity index (χ2n) is 5.89. The number of fused-ring (bicyclic) bond motifs is 4. The van der Waals surface area contributed by atoms with Gasteiger partial charge in [0.05, 0.1) is 0 Å². The summed E-state index contributed by atoms with van der Waals surface area (Å²) >= 11 is 0. The third-order valence-corrected chi connectivity index (χ3v) is 5.40. The number of hydrogen-bond acceptors (Lipinski definition) is 1. The number of hydrogen-bond donors (Lipinski definition) is 0. The zero-order valence-corrected chi connectivity index (χ0v) is 7.96. The fraction of sp³-hybridized carbons (Fsp3) is 0.917. The Hall–Kier alpha value is -0.330. The van der Waals surface area contributed by atoms with Crippen molar-refractivity contribution in [1.29, 1.82) is 0 Å². The fourth-order valence-electron chi connectivity index (χ4n) is 4.69. The third kappa shape index (κ3) is 0.660. The number of carbonyl (C=O) groups is 1. The quantitative estimate of drug-likeness (QED) is 0.554. The van der Waals surface area contributed by atoms with E-state index in [4.69, 9.17) is 0 Å². The highest BCUT2D eigenvalue weighted by Gasteiger charge is 2.65. The lowest BCUT2D eigenvalue weighted by Crippen LogP contribution is -2.35. The Kier molecular flexibility index (Phi) is 1.01. The van der Waals surface area contributed by atoms with Crippen LogP contribution in [0.15, 0.2) is 0 Å². The van der Waals surface area contributed by atoms with Crippen molar-refractivity contribution in [2.45, 2.75) is 38.5 Å². The van der Waals surface area contributed by atoms with E-state index in [0.717, 1.165) is 17.8 Å². The van der Waals surface area contributed by atoms with Crippen LogP contribution in [0.5, 0.6) is 0 Å². The van der Waals surface area contributed by atoms with Gasteiger partial charge in [-0.3, -0.25) is 4.79 Å². The van der Waals surface area contributed by atoms with Crippen molar-refractivity contribution < 1.29 is 4.79 Å². The van der Waals surface area contributed by atoms with Crippen LogP contribution in [0.25, 0.3) is 0 Å². The molecule has 1 nitrogen and oxygen atoms in total. The maximum Gasteiger partial charge on any atom is 0.142 e. The molecule has 4 saturated carbocycles. The second kappa shape index (κ2) is 1.87. The van der Waals surface area contributed by atoms with Crippen LogP contribution in [0.1, 0.15) is 38.5 Å². The van der Waals surface area contributed by atoms with Crippen LogP contribution in [-0.4, -0.2) is 5.78 Å². The van der Waals surface area contributed by atoms with Gasteiger partial charge in [-0.2, -0.15) is 0 Å². The molecule has 4 aliphatic carbocycles. The van der Waals surface area contributed by atoms with E-state index in [1.54, 1.807) is 0 Å². The van der Waals surface area contributed by atoms with E-state index in [1.165, 1.54) is 38.5 Å². The highest BCUT2D eigenvalue weighted by atomic mass is 16.1. The van der Waals surface area contributed by atoms with Gasteiger partial charge in [-0.05, 0) is 56.3 Å². The first-order valence-corrected chi connectivity index (χ1v) is 5.84. The Morgan fingerprint density at radius 1 is 1.08 bits per heavy atom. The molecule has 4 aliphatic rings. The first kappa shape index (κ1) is 7.03. The summed E-state index contributed by atoms with van der Waals surface area (Å²) in [4.78, 5) is 12.2. The molecule has 0 N–H and O–H groups in total. The first-order valence-electron chi connectivity index (χ1n) is 5.84. The summed E-state index contributed by atoms with van der Waals surface area (Å²) in [7, 11) is 0. The summed E-state index contributed by atoms with van der Waals surface area (Å²) in [6.07, 6.45) is 7.89. The van der Waals surface area contributed by atoms with E-state index in [9.17, 15) is 4.79 Å². The molecule has 2 bridgehead atoms. The van der Waals surface area contributed by atoms with Gasteiger partial charge in [-0.1, -0.05) is 0 Å². The van der Waals surface area contributed by atoms with Crippen LogP contribution < -0.4 is 0 Å². The van der Waals surface area contributed by atoms with Crippen molar-refractivity contribution in [1.82, 2.24) is 0 Å². The molecule has 0 aliphatic heterocycles. The lowest BCUT2D eigenvalue weighted by Gasteiger charge is -2.33. The van der Waals surface area contributed by atoms with Crippen LogP contribution in [0.4, 0.5) is 0 Å². The maximum atomic E-state index is 12.2. The molecule has 0 radical (unpaired) electrons. The summed E-state index contributed by atoms with van der Waals surface area (Å²) < 4.78 is 0. The molecular weight excluding hydrogens is 160 g/mol. The van der Waals surface area contributed by atoms with Crippen LogP contribution in [0.2, 0.25) is 0 Å². The van der Waals surface area contributed by atoms with E-state index in [1.807, 2.05) is 0 Å². The normalized spacial score (nSPS) is 62.0. The first-order chi connectivity index (χ1) is 6.29. The molecular formula is C12H16O. The molecule has 70 valence electrons. The minimum atomic E-state index is 0.247. The Bertz CT molecular complexity index is 283. The standard InChI is InChI=1S/C12H16O/c13-11-7-1-2-10(4-7)12(11)5-8-3-9(8)6-12/h7-10H,1-6H2. The molecule has 4 fully saturated rings.